The first-order valence-electron chi connectivity index (χ1n) is 6.55. The van der Waals surface area contributed by atoms with E-state index in [0.717, 1.165) is 18.4 Å². The zero-order valence-electron chi connectivity index (χ0n) is 10.7. The highest BCUT2D eigenvalue weighted by atomic mass is 14.9. The molecule has 3 nitrogen and oxygen atoms in total. The van der Waals surface area contributed by atoms with Gasteiger partial charge in [-0.15, -0.1) is 0 Å². The van der Waals surface area contributed by atoms with Crippen LogP contribution in [0.4, 0.5) is 0 Å². The third kappa shape index (κ3) is 3.79. The van der Waals surface area contributed by atoms with Gasteiger partial charge in [-0.3, -0.25) is 4.98 Å². The van der Waals surface area contributed by atoms with Crippen LogP contribution in [0.1, 0.15) is 32.1 Å². The Bertz CT molecular complexity index is 420. The maximum Gasteiger partial charge on any atom is 0.0701 e. The second-order valence-corrected chi connectivity index (χ2v) is 4.99. The third-order valence-corrected chi connectivity index (χ3v) is 3.30. The summed E-state index contributed by atoms with van der Waals surface area (Å²) >= 11 is 0. The zero-order chi connectivity index (χ0) is 12.8. The maximum atomic E-state index is 5.66. The van der Waals surface area contributed by atoms with E-state index in [1.54, 1.807) is 0 Å². The standard InChI is InChI=1S/C9H7N.C6H14N2/c1-2-6-9-8(4-1)5-3-7-10-9;7-6(8)4-2-1-3-5-6/h1-7H;1-5,7-8H2. The van der Waals surface area contributed by atoms with Gasteiger partial charge in [0.05, 0.1) is 11.2 Å². The highest BCUT2D eigenvalue weighted by Gasteiger charge is 2.21. The SMILES string of the molecule is NC1(N)CCCCC1.c1ccc2ncccc2c1. The van der Waals surface area contributed by atoms with Crippen LogP contribution in [0.3, 0.4) is 0 Å². The van der Waals surface area contributed by atoms with Crippen molar-refractivity contribution >= 4 is 10.9 Å². The molecule has 3 heteroatoms. The Labute approximate surface area is 108 Å². The molecule has 1 heterocycles. The number of rotatable bonds is 0. The Morgan fingerprint density at radius 3 is 2.17 bits per heavy atom. The number of nitrogens with zero attached hydrogens (tertiary/aromatic N) is 1. The molecule has 1 aromatic heterocycles. The van der Waals surface area contributed by atoms with Crippen molar-refractivity contribution in [3.05, 3.63) is 42.6 Å². The predicted octanol–water partition coefficient (Wildman–Crippen LogP) is 2.80. The number of para-hydroxylation sites is 1. The zero-order valence-corrected chi connectivity index (χ0v) is 10.7. The second-order valence-electron chi connectivity index (χ2n) is 4.99. The summed E-state index contributed by atoms with van der Waals surface area (Å²) < 4.78 is 0. The first kappa shape index (κ1) is 13.0. The fourth-order valence-electron chi connectivity index (χ4n) is 2.23. The number of aromatic nitrogens is 1. The van der Waals surface area contributed by atoms with Gasteiger partial charge >= 0.3 is 0 Å². The molecule has 1 fully saturated rings. The van der Waals surface area contributed by atoms with Crippen LogP contribution in [-0.4, -0.2) is 10.6 Å². The van der Waals surface area contributed by atoms with E-state index in [9.17, 15) is 0 Å². The molecule has 18 heavy (non-hydrogen) atoms. The molecule has 1 aromatic carbocycles. The lowest BCUT2D eigenvalue weighted by Crippen LogP contribution is -2.50. The van der Waals surface area contributed by atoms with Crippen molar-refractivity contribution in [3.8, 4) is 0 Å². The normalized spacial score (nSPS) is 17.9. The van der Waals surface area contributed by atoms with Gasteiger partial charge in [-0.25, -0.2) is 0 Å². The summed E-state index contributed by atoms with van der Waals surface area (Å²) in [5.74, 6) is 0. The van der Waals surface area contributed by atoms with E-state index in [1.165, 1.54) is 24.6 Å². The molecular formula is C15H21N3. The molecule has 0 aliphatic heterocycles. The third-order valence-electron chi connectivity index (χ3n) is 3.30. The Hall–Kier alpha value is -1.45. The number of nitrogens with two attached hydrogens (primary N) is 2. The summed E-state index contributed by atoms with van der Waals surface area (Å²) in [4.78, 5) is 4.18. The first-order chi connectivity index (χ1) is 8.67. The largest absolute Gasteiger partial charge is 0.313 e. The average Bonchev–Trinajstić information content (AvgIpc) is 2.39. The molecule has 0 unspecified atom stereocenters. The van der Waals surface area contributed by atoms with Gasteiger partial charge in [0, 0.05) is 11.6 Å². The number of fused-ring (bicyclic) bond motifs is 1. The molecule has 0 saturated heterocycles. The highest BCUT2D eigenvalue weighted by molar-refractivity contribution is 5.77. The maximum absolute atomic E-state index is 5.66. The Balaban J connectivity index is 0.000000138. The van der Waals surface area contributed by atoms with Crippen LogP contribution in [0.25, 0.3) is 10.9 Å². The van der Waals surface area contributed by atoms with Gasteiger partial charge in [-0.2, -0.15) is 0 Å². The molecule has 1 saturated carbocycles. The van der Waals surface area contributed by atoms with Gasteiger partial charge in [0.2, 0.25) is 0 Å². The summed E-state index contributed by atoms with van der Waals surface area (Å²) in [5, 5.41) is 1.20. The van der Waals surface area contributed by atoms with Crippen LogP contribution in [0.15, 0.2) is 42.6 Å². The molecule has 3 rings (SSSR count). The summed E-state index contributed by atoms with van der Waals surface area (Å²) in [5.41, 5.74) is 12.1. The van der Waals surface area contributed by atoms with Gasteiger partial charge in [-0.05, 0) is 25.0 Å². The lowest BCUT2D eigenvalue weighted by Gasteiger charge is -2.28. The molecule has 1 aliphatic carbocycles. The second kappa shape index (κ2) is 5.94. The summed E-state index contributed by atoms with van der Waals surface area (Å²) in [6.45, 7) is 0. The molecule has 0 amide bonds. The van der Waals surface area contributed by atoms with E-state index in [4.69, 9.17) is 11.5 Å². The van der Waals surface area contributed by atoms with Crippen LogP contribution in [0.2, 0.25) is 0 Å². The van der Waals surface area contributed by atoms with Crippen LogP contribution < -0.4 is 11.5 Å². The van der Waals surface area contributed by atoms with Crippen molar-refractivity contribution in [3.63, 3.8) is 0 Å². The number of hydrogen-bond donors (Lipinski definition) is 2. The van der Waals surface area contributed by atoms with Crippen LogP contribution >= 0.6 is 0 Å². The van der Waals surface area contributed by atoms with Crippen molar-refractivity contribution < 1.29 is 0 Å². The van der Waals surface area contributed by atoms with Gasteiger partial charge in [0.1, 0.15) is 0 Å². The average molecular weight is 243 g/mol. The van der Waals surface area contributed by atoms with E-state index < -0.39 is 0 Å². The molecule has 2 aromatic rings. The molecule has 1 aliphatic rings. The van der Waals surface area contributed by atoms with Gasteiger partial charge in [0.15, 0.2) is 0 Å². The number of hydrogen-bond acceptors (Lipinski definition) is 3. The van der Waals surface area contributed by atoms with Crippen LogP contribution in [0, 0.1) is 0 Å². The topological polar surface area (TPSA) is 64.9 Å². The van der Waals surface area contributed by atoms with Crippen molar-refractivity contribution in [2.24, 2.45) is 11.5 Å². The van der Waals surface area contributed by atoms with Crippen molar-refractivity contribution in [2.75, 3.05) is 0 Å². The minimum Gasteiger partial charge on any atom is -0.313 e. The fraction of sp³-hybridized carbons (Fsp3) is 0.400. The van der Waals surface area contributed by atoms with Crippen molar-refractivity contribution in [2.45, 2.75) is 37.8 Å². The lowest BCUT2D eigenvalue weighted by molar-refractivity contribution is 0.306. The number of benzene rings is 1. The van der Waals surface area contributed by atoms with Crippen LogP contribution in [-0.2, 0) is 0 Å². The van der Waals surface area contributed by atoms with Gasteiger partial charge in [-0.1, -0.05) is 43.5 Å². The van der Waals surface area contributed by atoms with E-state index in [1.807, 2.05) is 30.5 Å². The molecule has 96 valence electrons. The van der Waals surface area contributed by atoms with E-state index in [0.29, 0.717) is 0 Å². The quantitative estimate of drug-likeness (QED) is 0.699. The molecule has 0 atom stereocenters. The smallest absolute Gasteiger partial charge is 0.0701 e. The molecule has 0 spiro atoms. The summed E-state index contributed by atoms with van der Waals surface area (Å²) in [6, 6.07) is 12.1. The van der Waals surface area contributed by atoms with Crippen molar-refractivity contribution in [1.82, 2.24) is 4.98 Å². The fourth-order valence-corrected chi connectivity index (χ4v) is 2.23. The van der Waals surface area contributed by atoms with E-state index in [-0.39, 0.29) is 5.66 Å². The van der Waals surface area contributed by atoms with E-state index >= 15 is 0 Å². The number of pyridine rings is 1. The molecule has 4 N–H and O–H groups in total. The summed E-state index contributed by atoms with van der Waals surface area (Å²) in [7, 11) is 0. The first-order valence-corrected chi connectivity index (χ1v) is 6.55. The molecule has 0 radical (unpaired) electrons. The van der Waals surface area contributed by atoms with Gasteiger partial charge < -0.3 is 11.5 Å². The highest BCUT2D eigenvalue weighted by Crippen LogP contribution is 2.20. The predicted molar refractivity (Wildman–Crippen MR) is 75.9 cm³/mol. The van der Waals surface area contributed by atoms with Crippen molar-refractivity contribution in [1.29, 1.82) is 0 Å². The summed E-state index contributed by atoms with van der Waals surface area (Å²) in [6.07, 6.45) is 7.57. The molecular weight excluding hydrogens is 222 g/mol. The van der Waals surface area contributed by atoms with Gasteiger partial charge in [0.25, 0.3) is 0 Å². The minimum atomic E-state index is -0.321. The van der Waals surface area contributed by atoms with Crippen LogP contribution in [0.5, 0.6) is 0 Å². The Morgan fingerprint density at radius 2 is 1.56 bits per heavy atom. The monoisotopic (exact) mass is 243 g/mol. The Kier molecular flexibility index (Phi) is 4.28. The minimum absolute atomic E-state index is 0.321. The molecule has 0 bridgehead atoms. The van der Waals surface area contributed by atoms with E-state index in [2.05, 4.69) is 17.1 Å². The Morgan fingerprint density at radius 1 is 0.889 bits per heavy atom. The lowest BCUT2D eigenvalue weighted by atomic mass is 9.91.